The minimum absolute atomic E-state index is 0.121. The van der Waals surface area contributed by atoms with E-state index in [1.165, 1.54) is 0 Å². The van der Waals surface area contributed by atoms with Crippen LogP contribution in [-0.2, 0) is 4.79 Å². The molecule has 0 spiro atoms. The molecule has 1 aromatic rings. The standard InChI is InChI=1S/C8H8O.C6H12O2/c1-7(9)8-5-3-2-4-6-8;1-2-3-4-5-6(7)8/h2-6H,1H3;2-5H2,1H3,(H,7,8). The summed E-state index contributed by atoms with van der Waals surface area (Å²) in [7, 11) is 0. The van der Waals surface area contributed by atoms with E-state index in [1.807, 2.05) is 30.3 Å². The molecule has 1 rings (SSSR count). The summed E-state index contributed by atoms with van der Waals surface area (Å²) in [6.07, 6.45) is 3.28. The third-order valence-electron chi connectivity index (χ3n) is 2.17. The molecule has 0 atom stereocenters. The number of Topliss-reactive ketones (excluding diaryl/α,β-unsaturated/α-hetero) is 1. The molecule has 1 N–H and O–H groups in total. The number of ketones is 1. The van der Waals surface area contributed by atoms with Gasteiger partial charge in [-0.05, 0) is 13.3 Å². The van der Waals surface area contributed by atoms with Crippen molar-refractivity contribution in [1.29, 1.82) is 0 Å². The van der Waals surface area contributed by atoms with Gasteiger partial charge in [-0.25, -0.2) is 0 Å². The first-order valence-electron chi connectivity index (χ1n) is 5.85. The van der Waals surface area contributed by atoms with Gasteiger partial charge in [0.25, 0.3) is 0 Å². The number of rotatable bonds is 5. The Morgan fingerprint density at radius 1 is 1.12 bits per heavy atom. The monoisotopic (exact) mass is 236 g/mol. The fourth-order valence-electron chi connectivity index (χ4n) is 1.20. The second kappa shape index (κ2) is 9.58. The maximum atomic E-state index is 10.6. The topological polar surface area (TPSA) is 54.4 Å². The van der Waals surface area contributed by atoms with Crippen molar-refractivity contribution < 1.29 is 14.7 Å². The van der Waals surface area contributed by atoms with Gasteiger partial charge < -0.3 is 5.11 Å². The van der Waals surface area contributed by atoms with Crippen LogP contribution >= 0.6 is 0 Å². The molecule has 3 nitrogen and oxygen atoms in total. The van der Waals surface area contributed by atoms with Crippen LogP contribution in [0.4, 0.5) is 0 Å². The van der Waals surface area contributed by atoms with Crippen molar-refractivity contribution in [2.45, 2.75) is 39.5 Å². The van der Waals surface area contributed by atoms with Crippen molar-refractivity contribution >= 4 is 11.8 Å². The fraction of sp³-hybridized carbons (Fsp3) is 0.429. The van der Waals surface area contributed by atoms with E-state index in [1.54, 1.807) is 6.92 Å². The van der Waals surface area contributed by atoms with Crippen LogP contribution in [0.2, 0.25) is 0 Å². The molecule has 17 heavy (non-hydrogen) atoms. The number of aliphatic carboxylic acids is 1. The zero-order chi connectivity index (χ0) is 13.1. The van der Waals surface area contributed by atoms with Crippen LogP contribution in [0.3, 0.4) is 0 Å². The van der Waals surface area contributed by atoms with Gasteiger partial charge in [0, 0.05) is 12.0 Å². The number of hydrogen-bond acceptors (Lipinski definition) is 2. The molecule has 0 aliphatic rings. The van der Waals surface area contributed by atoms with Crippen molar-refractivity contribution in [3.8, 4) is 0 Å². The minimum Gasteiger partial charge on any atom is -0.481 e. The van der Waals surface area contributed by atoms with E-state index in [0.717, 1.165) is 24.8 Å². The molecule has 3 heteroatoms. The van der Waals surface area contributed by atoms with Gasteiger partial charge in [-0.2, -0.15) is 0 Å². The molecule has 0 amide bonds. The number of carboxylic acid groups (broad SMARTS) is 1. The Balaban J connectivity index is 0.000000304. The molecule has 0 unspecified atom stereocenters. The van der Waals surface area contributed by atoms with Crippen LogP contribution in [-0.4, -0.2) is 16.9 Å². The van der Waals surface area contributed by atoms with Gasteiger partial charge in [0.15, 0.2) is 5.78 Å². The average molecular weight is 236 g/mol. The first kappa shape index (κ1) is 15.4. The molecular weight excluding hydrogens is 216 g/mol. The van der Waals surface area contributed by atoms with E-state index >= 15 is 0 Å². The normalized spacial score (nSPS) is 9.06. The van der Waals surface area contributed by atoms with Gasteiger partial charge in [-0.3, -0.25) is 9.59 Å². The third-order valence-corrected chi connectivity index (χ3v) is 2.17. The van der Waals surface area contributed by atoms with E-state index in [4.69, 9.17) is 5.11 Å². The number of carbonyl (C=O) groups excluding carboxylic acids is 1. The van der Waals surface area contributed by atoms with Gasteiger partial charge in [0.05, 0.1) is 0 Å². The Morgan fingerprint density at radius 2 is 1.71 bits per heavy atom. The Morgan fingerprint density at radius 3 is 2.06 bits per heavy atom. The fourth-order valence-corrected chi connectivity index (χ4v) is 1.20. The molecule has 0 radical (unpaired) electrons. The SMILES string of the molecule is CC(=O)c1ccccc1.CCCCCC(=O)O. The third kappa shape index (κ3) is 9.30. The highest BCUT2D eigenvalue weighted by Crippen LogP contribution is 1.98. The maximum absolute atomic E-state index is 10.6. The summed E-state index contributed by atoms with van der Waals surface area (Å²) in [6, 6.07) is 9.23. The van der Waals surface area contributed by atoms with Gasteiger partial charge in [0.1, 0.15) is 0 Å². The zero-order valence-corrected chi connectivity index (χ0v) is 10.5. The van der Waals surface area contributed by atoms with E-state index in [0.29, 0.717) is 6.42 Å². The van der Waals surface area contributed by atoms with Crippen LogP contribution in [0.1, 0.15) is 49.9 Å². The molecule has 0 aromatic heterocycles. The summed E-state index contributed by atoms with van der Waals surface area (Å²) in [4.78, 5) is 20.5. The lowest BCUT2D eigenvalue weighted by atomic mass is 10.2. The maximum Gasteiger partial charge on any atom is 0.303 e. The van der Waals surface area contributed by atoms with E-state index < -0.39 is 5.97 Å². The van der Waals surface area contributed by atoms with Crippen LogP contribution in [0, 0.1) is 0 Å². The lowest BCUT2D eigenvalue weighted by Crippen LogP contribution is -1.92. The summed E-state index contributed by atoms with van der Waals surface area (Å²) < 4.78 is 0. The Hall–Kier alpha value is -1.64. The highest BCUT2D eigenvalue weighted by Gasteiger charge is 1.93. The molecule has 0 bridgehead atoms. The van der Waals surface area contributed by atoms with Gasteiger partial charge in [0.2, 0.25) is 0 Å². The Kier molecular flexibility index (Phi) is 8.65. The molecule has 1 aromatic carbocycles. The highest BCUT2D eigenvalue weighted by atomic mass is 16.4. The second-order valence-corrected chi connectivity index (χ2v) is 3.77. The molecule has 0 aliphatic heterocycles. The number of benzene rings is 1. The summed E-state index contributed by atoms with van der Waals surface area (Å²) in [5, 5.41) is 8.14. The summed E-state index contributed by atoms with van der Waals surface area (Å²) in [6.45, 7) is 3.62. The first-order valence-corrected chi connectivity index (χ1v) is 5.85. The predicted molar refractivity (Wildman–Crippen MR) is 68.2 cm³/mol. The molecule has 0 heterocycles. The van der Waals surface area contributed by atoms with Crippen molar-refractivity contribution in [3.63, 3.8) is 0 Å². The summed E-state index contributed by atoms with van der Waals surface area (Å²) in [5.74, 6) is -0.561. The van der Waals surface area contributed by atoms with Crippen molar-refractivity contribution in [2.24, 2.45) is 0 Å². The average Bonchev–Trinajstić information content (AvgIpc) is 2.31. The number of carboxylic acids is 1. The molecule has 0 saturated heterocycles. The predicted octanol–water partition coefficient (Wildman–Crippen LogP) is 3.54. The van der Waals surface area contributed by atoms with Crippen molar-refractivity contribution in [1.82, 2.24) is 0 Å². The van der Waals surface area contributed by atoms with Gasteiger partial charge in [-0.15, -0.1) is 0 Å². The highest BCUT2D eigenvalue weighted by molar-refractivity contribution is 5.93. The zero-order valence-electron chi connectivity index (χ0n) is 10.5. The minimum atomic E-state index is -0.682. The number of carbonyl (C=O) groups is 2. The Labute approximate surface area is 102 Å². The van der Waals surface area contributed by atoms with Crippen LogP contribution < -0.4 is 0 Å². The molecule has 0 saturated carbocycles. The molecule has 0 aliphatic carbocycles. The van der Waals surface area contributed by atoms with Crippen molar-refractivity contribution in [3.05, 3.63) is 35.9 Å². The molecule has 94 valence electrons. The Bertz CT molecular complexity index is 331. The lowest BCUT2D eigenvalue weighted by Gasteiger charge is -1.89. The van der Waals surface area contributed by atoms with E-state index in [9.17, 15) is 9.59 Å². The van der Waals surface area contributed by atoms with E-state index in [2.05, 4.69) is 6.92 Å². The summed E-state index contributed by atoms with van der Waals surface area (Å²) >= 11 is 0. The lowest BCUT2D eigenvalue weighted by molar-refractivity contribution is -0.137. The number of unbranched alkanes of at least 4 members (excludes halogenated alkanes) is 2. The second-order valence-electron chi connectivity index (χ2n) is 3.77. The van der Waals surface area contributed by atoms with Crippen molar-refractivity contribution in [2.75, 3.05) is 0 Å². The quantitative estimate of drug-likeness (QED) is 0.628. The first-order chi connectivity index (χ1) is 8.07. The van der Waals surface area contributed by atoms with Crippen LogP contribution in [0.25, 0.3) is 0 Å². The van der Waals surface area contributed by atoms with Crippen LogP contribution in [0.5, 0.6) is 0 Å². The molecule has 0 fully saturated rings. The van der Waals surface area contributed by atoms with E-state index in [-0.39, 0.29) is 5.78 Å². The van der Waals surface area contributed by atoms with Crippen LogP contribution in [0.15, 0.2) is 30.3 Å². The van der Waals surface area contributed by atoms with Gasteiger partial charge in [-0.1, -0.05) is 50.1 Å². The largest absolute Gasteiger partial charge is 0.481 e. The number of hydrogen-bond donors (Lipinski definition) is 1. The van der Waals surface area contributed by atoms with Gasteiger partial charge >= 0.3 is 5.97 Å². The molecular formula is C14H20O3. The summed E-state index contributed by atoms with van der Waals surface area (Å²) in [5.41, 5.74) is 0.775. The smallest absolute Gasteiger partial charge is 0.303 e.